The van der Waals surface area contributed by atoms with Gasteiger partial charge in [-0.25, -0.2) is 0 Å². The Balaban J connectivity index is 2.76. The Bertz CT molecular complexity index is 566. The number of benzene rings is 1. The first-order chi connectivity index (χ1) is 7.74. The number of nitro benzene ring substituents is 1. The third kappa shape index (κ3) is 1.58. The van der Waals surface area contributed by atoms with E-state index in [-0.39, 0.29) is 5.69 Å². The van der Waals surface area contributed by atoms with Gasteiger partial charge in [-0.05, 0) is 18.2 Å². The summed E-state index contributed by atoms with van der Waals surface area (Å²) in [6, 6.07) is 6.18. The van der Waals surface area contributed by atoms with Gasteiger partial charge in [0.1, 0.15) is 5.52 Å². The molecule has 0 aliphatic carbocycles. The zero-order valence-electron chi connectivity index (χ0n) is 8.29. The van der Waals surface area contributed by atoms with Crippen molar-refractivity contribution >= 4 is 16.6 Å². The average molecular weight is 216 g/mol. The first kappa shape index (κ1) is 10.1. The fourth-order valence-electron chi connectivity index (χ4n) is 1.48. The lowest BCUT2D eigenvalue weighted by molar-refractivity contribution is -0.383. The van der Waals surface area contributed by atoms with Crippen molar-refractivity contribution in [3.05, 3.63) is 53.4 Å². The molecule has 16 heavy (non-hydrogen) atoms. The molecule has 0 aliphatic rings. The highest BCUT2D eigenvalue weighted by atomic mass is 16.6. The largest absolute Gasteiger partial charge is 0.463 e. The SMILES string of the molecule is C=COc1ccc([N+](=O)[O-])c2cccnc12. The predicted molar refractivity (Wildman–Crippen MR) is 59.2 cm³/mol. The van der Waals surface area contributed by atoms with Crippen molar-refractivity contribution in [2.45, 2.75) is 0 Å². The van der Waals surface area contributed by atoms with Gasteiger partial charge in [-0.15, -0.1) is 0 Å². The van der Waals surface area contributed by atoms with E-state index < -0.39 is 4.92 Å². The van der Waals surface area contributed by atoms with Crippen LogP contribution < -0.4 is 4.74 Å². The molecule has 0 bridgehead atoms. The summed E-state index contributed by atoms with van der Waals surface area (Å²) in [6.45, 7) is 3.44. The molecule has 0 N–H and O–H groups in total. The van der Waals surface area contributed by atoms with E-state index in [0.717, 1.165) is 0 Å². The van der Waals surface area contributed by atoms with Gasteiger partial charge in [0.15, 0.2) is 5.75 Å². The third-order valence-corrected chi connectivity index (χ3v) is 2.12. The topological polar surface area (TPSA) is 65.3 Å². The molecular formula is C11H8N2O3. The van der Waals surface area contributed by atoms with E-state index in [2.05, 4.69) is 11.6 Å². The van der Waals surface area contributed by atoms with E-state index in [4.69, 9.17) is 4.74 Å². The second-order valence-corrected chi connectivity index (χ2v) is 3.02. The van der Waals surface area contributed by atoms with E-state index >= 15 is 0 Å². The number of ether oxygens (including phenoxy) is 1. The molecular weight excluding hydrogens is 208 g/mol. The number of hydrogen-bond acceptors (Lipinski definition) is 4. The maximum absolute atomic E-state index is 10.8. The first-order valence-electron chi connectivity index (χ1n) is 4.53. The number of rotatable bonds is 3. The molecule has 5 heteroatoms. The quantitative estimate of drug-likeness (QED) is 0.449. The number of pyridine rings is 1. The summed E-state index contributed by atoms with van der Waals surface area (Å²) in [5.74, 6) is 0.455. The van der Waals surface area contributed by atoms with Crippen molar-refractivity contribution in [1.29, 1.82) is 0 Å². The molecule has 0 unspecified atom stereocenters. The second kappa shape index (κ2) is 3.98. The molecule has 0 radical (unpaired) electrons. The van der Waals surface area contributed by atoms with Crippen LogP contribution in [-0.4, -0.2) is 9.91 Å². The summed E-state index contributed by atoms with van der Waals surface area (Å²) in [6.07, 6.45) is 2.82. The molecule has 0 fully saturated rings. The molecule has 5 nitrogen and oxygen atoms in total. The molecule has 80 valence electrons. The van der Waals surface area contributed by atoms with Crippen molar-refractivity contribution in [1.82, 2.24) is 4.98 Å². The van der Waals surface area contributed by atoms with Gasteiger partial charge in [-0.3, -0.25) is 15.1 Å². The second-order valence-electron chi connectivity index (χ2n) is 3.02. The Labute approximate surface area is 91.1 Å². The Morgan fingerprint density at radius 3 is 2.94 bits per heavy atom. The van der Waals surface area contributed by atoms with Gasteiger partial charge >= 0.3 is 0 Å². The van der Waals surface area contributed by atoms with Crippen LogP contribution >= 0.6 is 0 Å². The number of non-ortho nitro benzene ring substituents is 1. The number of nitrogens with zero attached hydrogens (tertiary/aromatic N) is 2. The monoisotopic (exact) mass is 216 g/mol. The van der Waals surface area contributed by atoms with Gasteiger partial charge < -0.3 is 4.74 Å². The molecule has 1 aromatic carbocycles. The van der Waals surface area contributed by atoms with Crippen LogP contribution in [0.2, 0.25) is 0 Å². The smallest absolute Gasteiger partial charge is 0.279 e. The minimum atomic E-state index is -0.443. The van der Waals surface area contributed by atoms with Gasteiger partial charge in [-0.2, -0.15) is 0 Å². The number of aromatic nitrogens is 1. The van der Waals surface area contributed by atoms with Crippen molar-refractivity contribution in [2.75, 3.05) is 0 Å². The number of hydrogen-bond donors (Lipinski definition) is 0. The van der Waals surface area contributed by atoms with Gasteiger partial charge in [0.25, 0.3) is 5.69 Å². The summed E-state index contributed by atoms with van der Waals surface area (Å²) in [5, 5.41) is 11.3. The Hall–Kier alpha value is -2.43. The Kier molecular flexibility index (Phi) is 2.51. The lowest BCUT2D eigenvalue weighted by atomic mass is 10.1. The highest BCUT2D eigenvalue weighted by molar-refractivity contribution is 5.92. The molecule has 0 spiro atoms. The maximum atomic E-state index is 10.8. The van der Waals surface area contributed by atoms with Crippen LogP contribution in [0, 0.1) is 10.1 Å². The van der Waals surface area contributed by atoms with Crippen LogP contribution in [-0.2, 0) is 0 Å². The van der Waals surface area contributed by atoms with Crippen molar-refractivity contribution in [3.8, 4) is 5.75 Å². The normalized spacial score (nSPS) is 10.0. The molecule has 0 aliphatic heterocycles. The maximum Gasteiger partial charge on any atom is 0.279 e. The van der Waals surface area contributed by atoms with Crippen LogP contribution in [0.3, 0.4) is 0 Å². The standard InChI is InChI=1S/C11H8N2O3/c1-2-16-10-6-5-9(13(14)15)8-4-3-7-12-11(8)10/h2-7H,1H2. The van der Waals surface area contributed by atoms with Crippen molar-refractivity contribution in [3.63, 3.8) is 0 Å². The molecule has 0 saturated heterocycles. The third-order valence-electron chi connectivity index (χ3n) is 2.12. The predicted octanol–water partition coefficient (Wildman–Crippen LogP) is 2.67. The summed E-state index contributed by atoms with van der Waals surface area (Å²) in [5.41, 5.74) is 0.469. The first-order valence-corrected chi connectivity index (χ1v) is 4.53. The molecule has 0 atom stereocenters. The Morgan fingerprint density at radius 1 is 1.44 bits per heavy atom. The van der Waals surface area contributed by atoms with Crippen LogP contribution in [0.15, 0.2) is 43.3 Å². The Morgan fingerprint density at radius 2 is 2.25 bits per heavy atom. The zero-order valence-corrected chi connectivity index (χ0v) is 8.29. The molecule has 1 heterocycles. The molecule has 1 aromatic heterocycles. The lowest BCUT2D eigenvalue weighted by Crippen LogP contribution is -1.92. The van der Waals surface area contributed by atoms with Gasteiger partial charge in [0.05, 0.1) is 16.6 Å². The minimum absolute atomic E-state index is 0.0134. The molecule has 0 amide bonds. The van der Waals surface area contributed by atoms with Crippen molar-refractivity contribution < 1.29 is 9.66 Å². The van der Waals surface area contributed by atoms with Gasteiger partial charge in [-0.1, -0.05) is 6.58 Å². The summed E-state index contributed by atoms with van der Waals surface area (Å²) in [7, 11) is 0. The summed E-state index contributed by atoms with van der Waals surface area (Å²) >= 11 is 0. The molecule has 2 rings (SSSR count). The van der Waals surface area contributed by atoms with E-state index in [1.807, 2.05) is 0 Å². The fraction of sp³-hybridized carbons (Fsp3) is 0. The highest BCUT2D eigenvalue weighted by Crippen LogP contribution is 2.31. The number of fused-ring (bicyclic) bond motifs is 1. The zero-order chi connectivity index (χ0) is 11.5. The fourth-order valence-corrected chi connectivity index (χ4v) is 1.48. The lowest BCUT2D eigenvalue weighted by Gasteiger charge is -2.04. The summed E-state index contributed by atoms with van der Waals surface area (Å²) in [4.78, 5) is 14.4. The van der Waals surface area contributed by atoms with Crippen molar-refractivity contribution in [2.24, 2.45) is 0 Å². The molecule has 2 aromatic rings. The summed E-state index contributed by atoms with van der Waals surface area (Å²) < 4.78 is 5.13. The van der Waals surface area contributed by atoms with Crippen LogP contribution in [0.4, 0.5) is 5.69 Å². The van der Waals surface area contributed by atoms with E-state index in [1.54, 1.807) is 18.3 Å². The van der Waals surface area contributed by atoms with Gasteiger partial charge in [0.2, 0.25) is 0 Å². The van der Waals surface area contributed by atoms with Crippen LogP contribution in [0.25, 0.3) is 10.9 Å². The minimum Gasteiger partial charge on any atom is -0.463 e. The molecule has 0 saturated carbocycles. The highest BCUT2D eigenvalue weighted by Gasteiger charge is 2.14. The van der Waals surface area contributed by atoms with E-state index in [9.17, 15) is 10.1 Å². The van der Waals surface area contributed by atoms with Gasteiger partial charge in [0, 0.05) is 12.3 Å². The van der Waals surface area contributed by atoms with Crippen LogP contribution in [0.1, 0.15) is 0 Å². The number of nitro groups is 1. The average Bonchev–Trinajstić information content (AvgIpc) is 2.29. The van der Waals surface area contributed by atoms with Crippen LogP contribution in [0.5, 0.6) is 5.75 Å². The van der Waals surface area contributed by atoms with E-state index in [1.165, 1.54) is 18.4 Å². The van der Waals surface area contributed by atoms with E-state index in [0.29, 0.717) is 16.7 Å².